The quantitative estimate of drug-likeness (QED) is 0.337. The van der Waals surface area contributed by atoms with Crippen LogP contribution in [0.4, 0.5) is 13.2 Å². The molecule has 0 aliphatic carbocycles. The summed E-state index contributed by atoms with van der Waals surface area (Å²) in [4.78, 5) is 12.7. The highest BCUT2D eigenvalue weighted by Gasteiger charge is 2.34. The van der Waals surface area contributed by atoms with Gasteiger partial charge in [0.05, 0.1) is 0 Å². The lowest BCUT2D eigenvalue weighted by Crippen LogP contribution is -2.29. The maximum absolute atomic E-state index is 13.5. The summed E-state index contributed by atoms with van der Waals surface area (Å²) in [6.07, 6.45) is 0. The SMILES string of the molecule is O=C(c1ccc(F)cc1)c1ccc(C(O)(c2ccc(F)cc2)c2ccc(F)cc2)cc1. The third-order valence-electron chi connectivity index (χ3n) is 5.20. The topological polar surface area (TPSA) is 37.3 Å². The fourth-order valence-corrected chi connectivity index (χ4v) is 3.51. The normalized spacial score (nSPS) is 11.4. The number of carbonyl (C=O) groups excluding carboxylic acids is 1. The summed E-state index contributed by atoms with van der Waals surface area (Å²) in [6, 6.07) is 22.3. The van der Waals surface area contributed by atoms with Crippen LogP contribution in [0, 0.1) is 17.5 Å². The molecule has 154 valence electrons. The average molecular weight is 418 g/mol. The molecule has 4 rings (SSSR count). The molecule has 4 aromatic carbocycles. The number of aliphatic hydroxyl groups is 1. The van der Waals surface area contributed by atoms with Crippen molar-refractivity contribution in [3.8, 4) is 0 Å². The number of halogens is 3. The van der Waals surface area contributed by atoms with Crippen molar-refractivity contribution in [2.45, 2.75) is 5.60 Å². The van der Waals surface area contributed by atoms with Crippen molar-refractivity contribution in [1.82, 2.24) is 0 Å². The number of hydrogen-bond acceptors (Lipinski definition) is 2. The van der Waals surface area contributed by atoms with Gasteiger partial charge in [-0.15, -0.1) is 0 Å². The zero-order chi connectivity index (χ0) is 22.0. The van der Waals surface area contributed by atoms with Crippen LogP contribution in [-0.2, 0) is 5.60 Å². The van der Waals surface area contributed by atoms with E-state index in [-0.39, 0.29) is 5.78 Å². The molecule has 0 amide bonds. The van der Waals surface area contributed by atoms with Gasteiger partial charge in [-0.05, 0) is 65.2 Å². The molecular formula is C26H17F3O2. The van der Waals surface area contributed by atoms with E-state index in [2.05, 4.69) is 0 Å². The third kappa shape index (κ3) is 4.00. The zero-order valence-corrected chi connectivity index (χ0v) is 16.2. The fourth-order valence-electron chi connectivity index (χ4n) is 3.51. The van der Waals surface area contributed by atoms with Crippen molar-refractivity contribution in [1.29, 1.82) is 0 Å². The molecule has 0 saturated heterocycles. The van der Waals surface area contributed by atoms with E-state index in [1.807, 2.05) is 0 Å². The molecule has 0 bridgehead atoms. The minimum Gasteiger partial charge on any atom is -0.376 e. The van der Waals surface area contributed by atoms with E-state index in [0.29, 0.717) is 27.8 Å². The molecule has 4 aromatic rings. The van der Waals surface area contributed by atoms with Crippen LogP contribution in [0.2, 0.25) is 0 Å². The second kappa shape index (κ2) is 8.20. The molecule has 0 unspecified atom stereocenters. The summed E-state index contributed by atoms with van der Waals surface area (Å²) in [6.45, 7) is 0. The molecule has 0 atom stereocenters. The Labute approximate surface area is 177 Å². The molecule has 31 heavy (non-hydrogen) atoms. The molecule has 2 nitrogen and oxygen atoms in total. The number of carbonyl (C=O) groups is 1. The van der Waals surface area contributed by atoms with Gasteiger partial charge < -0.3 is 5.11 Å². The molecule has 0 heterocycles. The number of ketones is 1. The Kier molecular flexibility index (Phi) is 5.44. The first-order chi connectivity index (χ1) is 14.9. The summed E-state index contributed by atoms with van der Waals surface area (Å²) in [5.74, 6) is -1.63. The standard InChI is InChI=1S/C26H17F3O2/c27-22-11-3-18(4-12-22)25(30)17-1-5-19(6-2-17)26(31,20-7-13-23(28)14-8-20)21-9-15-24(29)16-10-21/h1-16,31H. The lowest BCUT2D eigenvalue weighted by Gasteiger charge is -2.30. The summed E-state index contributed by atoms with van der Waals surface area (Å²) in [5.41, 5.74) is 0.189. The Hall–Kier alpha value is -3.70. The lowest BCUT2D eigenvalue weighted by atomic mass is 9.80. The van der Waals surface area contributed by atoms with Crippen molar-refractivity contribution in [2.75, 3.05) is 0 Å². The number of rotatable bonds is 5. The Morgan fingerprint density at radius 3 is 1.13 bits per heavy atom. The van der Waals surface area contributed by atoms with E-state index in [9.17, 15) is 23.1 Å². The number of benzene rings is 4. The highest BCUT2D eigenvalue weighted by atomic mass is 19.1. The van der Waals surface area contributed by atoms with Crippen LogP contribution in [0.5, 0.6) is 0 Å². The second-order valence-corrected chi connectivity index (χ2v) is 7.14. The first-order valence-corrected chi connectivity index (χ1v) is 9.53. The van der Waals surface area contributed by atoms with E-state index in [1.165, 1.54) is 72.8 Å². The van der Waals surface area contributed by atoms with Crippen LogP contribution < -0.4 is 0 Å². The van der Waals surface area contributed by atoms with Crippen LogP contribution >= 0.6 is 0 Å². The van der Waals surface area contributed by atoms with Gasteiger partial charge in [0.2, 0.25) is 0 Å². The van der Waals surface area contributed by atoms with Gasteiger partial charge in [-0.25, -0.2) is 13.2 Å². The van der Waals surface area contributed by atoms with E-state index >= 15 is 0 Å². The zero-order valence-electron chi connectivity index (χ0n) is 16.2. The van der Waals surface area contributed by atoms with Gasteiger partial charge in [0, 0.05) is 11.1 Å². The van der Waals surface area contributed by atoms with E-state index in [0.717, 1.165) is 0 Å². The molecule has 0 aliphatic heterocycles. The number of hydrogen-bond donors (Lipinski definition) is 1. The van der Waals surface area contributed by atoms with Gasteiger partial charge in [0.25, 0.3) is 0 Å². The highest BCUT2D eigenvalue weighted by molar-refractivity contribution is 6.08. The van der Waals surface area contributed by atoms with Crippen molar-refractivity contribution in [3.63, 3.8) is 0 Å². The van der Waals surface area contributed by atoms with E-state index < -0.39 is 23.1 Å². The minimum atomic E-state index is -1.70. The molecule has 0 radical (unpaired) electrons. The smallest absolute Gasteiger partial charge is 0.193 e. The van der Waals surface area contributed by atoms with Crippen molar-refractivity contribution in [3.05, 3.63) is 142 Å². The van der Waals surface area contributed by atoms with Crippen molar-refractivity contribution < 1.29 is 23.1 Å². The van der Waals surface area contributed by atoms with Crippen molar-refractivity contribution in [2.24, 2.45) is 0 Å². The fraction of sp³-hybridized carbons (Fsp3) is 0.0385. The maximum atomic E-state index is 13.5. The Morgan fingerprint density at radius 2 is 0.774 bits per heavy atom. The second-order valence-electron chi connectivity index (χ2n) is 7.14. The van der Waals surface area contributed by atoms with E-state index in [1.54, 1.807) is 24.3 Å². The van der Waals surface area contributed by atoms with Crippen LogP contribution in [0.1, 0.15) is 32.6 Å². The molecular weight excluding hydrogens is 401 g/mol. The monoisotopic (exact) mass is 418 g/mol. The van der Waals surface area contributed by atoms with Gasteiger partial charge in [-0.1, -0.05) is 48.5 Å². The largest absolute Gasteiger partial charge is 0.376 e. The van der Waals surface area contributed by atoms with Gasteiger partial charge in [-0.3, -0.25) is 4.79 Å². The highest BCUT2D eigenvalue weighted by Crippen LogP contribution is 2.37. The summed E-state index contributed by atoms with van der Waals surface area (Å²) in [5, 5.41) is 11.7. The van der Waals surface area contributed by atoms with Gasteiger partial charge >= 0.3 is 0 Å². The van der Waals surface area contributed by atoms with Gasteiger partial charge in [-0.2, -0.15) is 0 Å². The Balaban J connectivity index is 1.77. The average Bonchev–Trinajstić information content (AvgIpc) is 2.80. The van der Waals surface area contributed by atoms with Crippen LogP contribution in [0.15, 0.2) is 97.1 Å². The first-order valence-electron chi connectivity index (χ1n) is 9.53. The molecule has 0 spiro atoms. The van der Waals surface area contributed by atoms with Crippen LogP contribution in [0.3, 0.4) is 0 Å². The van der Waals surface area contributed by atoms with Crippen LogP contribution in [-0.4, -0.2) is 10.9 Å². The summed E-state index contributed by atoms with van der Waals surface area (Å²) >= 11 is 0. The lowest BCUT2D eigenvalue weighted by molar-refractivity contribution is 0.103. The van der Waals surface area contributed by atoms with Gasteiger partial charge in [0.15, 0.2) is 5.78 Å². The molecule has 5 heteroatoms. The minimum absolute atomic E-state index is 0.293. The van der Waals surface area contributed by atoms with Crippen LogP contribution in [0.25, 0.3) is 0 Å². The summed E-state index contributed by atoms with van der Waals surface area (Å²) in [7, 11) is 0. The maximum Gasteiger partial charge on any atom is 0.193 e. The predicted octanol–water partition coefficient (Wildman–Crippen LogP) is 5.62. The molecule has 0 saturated carbocycles. The summed E-state index contributed by atoms with van der Waals surface area (Å²) < 4.78 is 40.1. The predicted molar refractivity (Wildman–Crippen MR) is 111 cm³/mol. The Bertz CT molecular complexity index is 1150. The van der Waals surface area contributed by atoms with Gasteiger partial charge in [0.1, 0.15) is 23.1 Å². The van der Waals surface area contributed by atoms with E-state index in [4.69, 9.17) is 0 Å². The molecule has 0 fully saturated rings. The molecule has 0 aliphatic rings. The first kappa shape index (κ1) is 20.6. The molecule has 0 aromatic heterocycles. The molecule has 1 N–H and O–H groups in total. The van der Waals surface area contributed by atoms with Crippen molar-refractivity contribution >= 4 is 5.78 Å². The third-order valence-corrected chi connectivity index (χ3v) is 5.20. The Morgan fingerprint density at radius 1 is 0.516 bits per heavy atom.